The molecule has 0 fully saturated rings. The Morgan fingerprint density at radius 1 is 0.750 bits per heavy atom. The van der Waals surface area contributed by atoms with Crippen LogP contribution >= 0.6 is 0 Å². The molecule has 6 nitrogen and oxygen atoms in total. The van der Waals surface area contributed by atoms with Crippen LogP contribution in [0.2, 0.25) is 0 Å². The first kappa shape index (κ1) is 23.3. The van der Waals surface area contributed by atoms with Gasteiger partial charge >= 0.3 is 0 Å². The van der Waals surface area contributed by atoms with Gasteiger partial charge in [-0.2, -0.15) is 0 Å². The molecule has 5 aromatic rings. The lowest BCUT2D eigenvalue weighted by molar-refractivity contribution is 0.355. The van der Waals surface area contributed by atoms with Gasteiger partial charge in [0.25, 0.3) is 0 Å². The summed E-state index contributed by atoms with van der Waals surface area (Å²) >= 11 is 0. The van der Waals surface area contributed by atoms with Gasteiger partial charge in [0.1, 0.15) is 5.75 Å². The van der Waals surface area contributed by atoms with Crippen LogP contribution < -0.4 is 24.4 Å². The van der Waals surface area contributed by atoms with Crippen LogP contribution in [-0.2, 0) is 6.54 Å². The van der Waals surface area contributed by atoms with E-state index in [4.69, 9.17) is 19.2 Å². The van der Waals surface area contributed by atoms with E-state index in [1.54, 1.807) is 21.3 Å². The summed E-state index contributed by atoms with van der Waals surface area (Å²) in [6, 6.07) is 28.6. The number of pyridine rings is 1. The van der Waals surface area contributed by atoms with Gasteiger partial charge in [0.05, 0.1) is 39.1 Å². The number of anilines is 3. The number of aromatic nitrogens is 1. The SMILES string of the molecule is COc1ccc(N(C)Cc2cc(Nc3ccc(OC)c(OC)c3)c3ccc4ccccc4c3n2)cc1. The Morgan fingerprint density at radius 2 is 1.53 bits per heavy atom. The fourth-order valence-electron chi connectivity index (χ4n) is 4.44. The minimum Gasteiger partial charge on any atom is -0.497 e. The number of methoxy groups -OCH3 is 3. The molecule has 0 atom stereocenters. The molecule has 0 unspecified atom stereocenters. The van der Waals surface area contributed by atoms with E-state index in [0.717, 1.165) is 50.2 Å². The van der Waals surface area contributed by atoms with Gasteiger partial charge in [0, 0.05) is 40.9 Å². The predicted molar refractivity (Wildman–Crippen MR) is 147 cm³/mol. The fraction of sp³-hybridized carbons (Fsp3) is 0.167. The van der Waals surface area contributed by atoms with Gasteiger partial charge in [-0.25, -0.2) is 0 Å². The highest BCUT2D eigenvalue weighted by Crippen LogP contribution is 2.35. The average molecular weight is 480 g/mol. The summed E-state index contributed by atoms with van der Waals surface area (Å²) < 4.78 is 16.2. The standard InChI is InChI=1S/C30H29N3O3/c1-33(23-11-13-24(34-2)14-12-23)19-22-17-27(31-21-10-16-28(35-3)29(18-21)36-4)26-15-9-20-7-5-6-8-25(20)30(26)32-22/h5-18H,19H2,1-4H3,(H,31,32). The van der Waals surface area contributed by atoms with E-state index < -0.39 is 0 Å². The van der Waals surface area contributed by atoms with Gasteiger partial charge < -0.3 is 24.4 Å². The van der Waals surface area contributed by atoms with E-state index >= 15 is 0 Å². The van der Waals surface area contributed by atoms with Crippen LogP contribution in [0, 0.1) is 0 Å². The van der Waals surface area contributed by atoms with Crippen molar-refractivity contribution in [3.05, 3.63) is 90.6 Å². The van der Waals surface area contributed by atoms with Crippen LogP contribution in [0.4, 0.5) is 17.1 Å². The maximum absolute atomic E-state index is 5.51. The monoisotopic (exact) mass is 479 g/mol. The predicted octanol–water partition coefficient (Wildman–Crippen LogP) is 6.79. The zero-order chi connectivity index (χ0) is 25.1. The maximum atomic E-state index is 5.51. The minimum absolute atomic E-state index is 0.645. The molecule has 0 aliphatic rings. The zero-order valence-corrected chi connectivity index (χ0v) is 20.9. The molecule has 0 aliphatic heterocycles. The van der Waals surface area contributed by atoms with Crippen molar-refractivity contribution in [1.29, 1.82) is 0 Å². The molecule has 4 aromatic carbocycles. The van der Waals surface area contributed by atoms with Crippen LogP contribution in [0.5, 0.6) is 17.2 Å². The molecule has 0 saturated heterocycles. The van der Waals surface area contributed by atoms with Crippen molar-refractivity contribution < 1.29 is 14.2 Å². The van der Waals surface area contributed by atoms with Crippen molar-refractivity contribution in [2.24, 2.45) is 0 Å². The van der Waals surface area contributed by atoms with Crippen LogP contribution in [-0.4, -0.2) is 33.4 Å². The van der Waals surface area contributed by atoms with E-state index in [1.807, 2.05) is 30.3 Å². The number of hydrogen-bond donors (Lipinski definition) is 1. The Morgan fingerprint density at radius 3 is 2.28 bits per heavy atom. The fourth-order valence-corrected chi connectivity index (χ4v) is 4.44. The van der Waals surface area contributed by atoms with Crippen molar-refractivity contribution in [1.82, 2.24) is 4.98 Å². The smallest absolute Gasteiger partial charge is 0.162 e. The normalized spacial score (nSPS) is 10.9. The third-order valence-corrected chi connectivity index (χ3v) is 6.33. The van der Waals surface area contributed by atoms with Crippen molar-refractivity contribution >= 4 is 38.7 Å². The lowest BCUT2D eigenvalue weighted by atomic mass is 10.0. The topological polar surface area (TPSA) is 55.9 Å². The number of benzene rings is 4. The number of fused-ring (bicyclic) bond motifs is 3. The summed E-state index contributed by atoms with van der Waals surface area (Å²) in [6.07, 6.45) is 0. The van der Waals surface area contributed by atoms with E-state index in [9.17, 15) is 0 Å². The van der Waals surface area contributed by atoms with Crippen molar-refractivity contribution in [3.63, 3.8) is 0 Å². The van der Waals surface area contributed by atoms with Gasteiger partial charge in [-0.3, -0.25) is 4.98 Å². The third kappa shape index (κ3) is 4.58. The Kier molecular flexibility index (Phi) is 6.50. The molecular formula is C30H29N3O3. The number of nitrogens with one attached hydrogen (secondary N) is 1. The summed E-state index contributed by atoms with van der Waals surface area (Å²) in [5.74, 6) is 2.20. The summed E-state index contributed by atoms with van der Waals surface area (Å²) in [7, 11) is 7.02. The van der Waals surface area contributed by atoms with Gasteiger partial charge in [-0.05, 0) is 47.9 Å². The molecule has 0 radical (unpaired) electrons. The lowest BCUT2D eigenvalue weighted by Crippen LogP contribution is -2.17. The highest BCUT2D eigenvalue weighted by molar-refractivity contribution is 6.09. The summed E-state index contributed by atoms with van der Waals surface area (Å²) in [5.41, 5.74) is 4.90. The largest absolute Gasteiger partial charge is 0.497 e. The van der Waals surface area contributed by atoms with Gasteiger partial charge in [0.2, 0.25) is 0 Å². The molecule has 0 aliphatic carbocycles. The molecule has 5 rings (SSSR count). The molecule has 182 valence electrons. The lowest BCUT2D eigenvalue weighted by Gasteiger charge is -2.21. The second-order valence-corrected chi connectivity index (χ2v) is 8.59. The van der Waals surface area contributed by atoms with Crippen molar-refractivity contribution in [3.8, 4) is 17.2 Å². The Hall–Kier alpha value is -4.45. The molecule has 0 spiro atoms. The average Bonchev–Trinajstić information content (AvgIpc) is 2.92. The molecule has 36 heavy (non-hydrogen) atoms. The minimum atomic E-state index is 0.645. The highest BCUT2D eigenvalue weighted by atomic mass is 16.5. The van der Waals surface area contributed by atoms with Crippen molar-refractivity contribution in [2.45, 2.75) is 6.54 Å². The first-order chi connectivity index (χ1) is 17.6. The van der Waals surface area contributed by atoms with E-state index in [0.29, 0.717) is 18.0 Å². The Bertz CT molecular complexity index is 1520. The molecule has 1 heterocycles. The third-order valence-electron chi connectivity index (χ3n) is 6.33. The van der Waals surface area contributed by atoms with Gasteiger partial charge in [-0.1, -0.05) is 36.4 Å². The molecule has 0 bridgehead atoms. The van der Waals surface area contributed by atoms with E-state index in [1.165, 1.54) is 0 Å². The van der Waals surface area contributed by atoms with Gasteiger partial charge in [-0.15, -0.1) is 0 Å². The summed E-state index contributed by atoms with van der Waals surface area (Å²) in [6.45, 7) is 0.645. The van der Waals surface area contributed by atoms with Crippen LogP contribution in [0.3, 0.4) is 0 Å². The van der Waals surface area contributed by atoms with Crippen LogP contribution in [0.1, 0.15) is 5.69 Å². The highest BCUT2D eigenvalue weighted by Gasteiger charge is 2.13. The van der Waals surface area contributed by atoms with Crippen LogP contribution in [0.15, 0.2) is 84.9 Å². The molecule has 0 saturated carbocycles. The maximum Gasteiger partial charge on any atom is 0.162 e. The second kappa shape index (κ2) is 10.0. The van der Waals surface area contributed by atoms with E-state index in [-0.39, 0.29) is 0 Å². The van der Waals surface area contributed by atoms with E-state index in [2.05, 4.69) is 71.9 Å². The molecular weight excluding hydrogens is 450 g/mol. The first-order valence-corrected chi connectivity index (χ1v) is 11.7. The Balaban J connectivity index is 1.58. The second-order valence-electron chi connectivity index (χ2n) is 8.59. The number of nitrogens with zero attached hydrogens (tertiary/aromatic N) is 2. The molecule has 0 amide bonds. The zero-order valence-electron chi connectivity index (χ0n) is 20.9. The summed E-state index contributed by atoms with van der Waals surface area (Å²) in [4.78, 5) is 7.29. The number of rotatable bonds is 8. The van der Waals surface area contributed by atoms with Crippen molar-refractivity contribution in [2.75, 3.05) is 38.6 Å². The number of hydrogen-bond acceptors (Lipinski definition) is 6. The molecule has 1 N–H and O–H groups in total. The molecule has 1 aromatic heterocycles. The summed E-state index contributed by atoms with van der Waals surface area (Å²) in [5, 5.41) is 6.94. The first-order valence-electron chi connectivity index (χ1n) is 11.7. The van der Waals surface area contributed by atoms with Gasteiger partial charge in [0.15, 0.2) is 11.5 Å². The number of ether oxygens (including phenoxy) is 3. The van der Waals surface area contributed by atoms with Crippen LogP contribution in [0.25, 0.3) is 21.7 Å². The quantitative estimate of drug-likeness (QED) is 0.247. The Labute approximate surface area is 211 Å². The molecule has 6 heteroatoms.